The lowest BCUT2D eigenvalue weighted by molar-refractivity contribution is 0.174. The summed E-state index contributed by atoms with van der Waals surface area (Å²) >= 11 is 5.83. The SMILES string of the molecule is CC(CO)COc1cccc(Cl)c1C#N. The van der Waals surface area contributed by atoms with Crippen LogP contribution in [0.4, 0.5) is 0 Å². The van der Waals surface area contributed by atoms with Crippen molar-refractivity contribution in [3.63, 3.8) is 0 Å². The highest BCUT2D eigenvalue weighted by atomic mass is 35.5. The van der Waals surface area contributed by atoms with Crippen LogP contribution in [0.2, 0.25) is 5.02 Å². The Kier molecular flexibility index (Phi) is 4.41. The number of nitriles is 1. The average molecular weight is 226 g/mol. The van der Waals surface area contributed by atoms with Gasteiger partial charge in [-0.15, -0.1) is 0 Å². The van der Waals surface area contributed by atoms with Crippen LogP contribution in [-0.4, -0.2) is 18.3 Å². The van der Waals surface area contributed by atoms with Gasteiger partial charge in [-0.3, -0.25) is 0 Å². The van der Waals surface area contributed by atoms with Crippen molar-refractivity contribution in [3.8, 4) is 11.8 Å². The number of aliphatic hydroxyl groups is 1. The van der Waals surface area contributed by atoms with Crippen molar-refractivity contribution in [1.82, 2.24) is 0 Å². The van der Waals surface area contributed by atoms with Crippen LogP contribution >= 0.6 is 11.6 Å². The lowest BCUT2D eigenvalue weighted by Gasteiger charge is -2.11. The molecule has 0 aliphatic carbocycles. The first kappa shape index (κ1) is 11.8. The molecule has 0 aromatic heterocycles. The zero-order valence-electron chi connectivity index (χ0n) is 8.40. The minimum atomic E-state index is 0.0375. The van der Waals surface area contributed by atoms with Gasteiger partial charge in [-0.25, -0.2) is 0 Å². The van der Waals surface area contributed by atoms with Gasteiger partial charge in [0.05, 0.1) is 11.6 Å². The number of ether oxygens (including phenoxy) is 1. The highest BCUT2D eigenvalue weighted by molar-refractivity contribution is 6.31. The summed E-state index contributed by atoms with van der Waals surface area (Å²) in [6.07, 6.45) is 0. The van der Waals surface area contributed by atoms with Crippen molar-refractivity contribution >= 4 is 11.6 Å². The number of aliphatic hydroxyl groups excluding tert-OH is 1. The van der Waals surface area contributed by atoms with Crippen LogP contribution in [0, 0.1) is 17.2 Å². The Morgan fingerprint density at radius 3 is 2.93 bits per heavy atom. The van der Waals surface area contributed by atoms with Crippen molar-refractivity contribution in [3.05, 3.63) is 28.8 Å². The maximum absolute atomic E-state index is 8.86. The summed E-state index contributed by atoms with van der Waals surface area (Å²) < 4.78 is 5.39. The first-order valence-electron chi connectivity index (χ1n) is 4.61. The summed E-state index contributed by atoms with van der Waals surface area (Å²) in [7, 11) is 0. The Bertz CT molecular complexity index is 373. The first-order valence-corrected chi connectivity index (χ1v) is 4.99. The number of nitrogens with zero attached hydrogens (tertiary/aromatic N) is 1. The average Bonchev–Trinajstić information content (AvgIpc) is 2.25. The van der Waals surface area contributed by atoms with Crippen LogP contribution in [-0.2, 0) is 0 Å². The van der Waals surface area contributed by atoms with Gasteiger partial charge in [0.25, 0.3) is 0 Å². The topological polar surface area (TPSA) is 53.2 Å². The molecule has 1 unspecified atom stereocenters. The highest BCUT2D eigenvalue weighted by Gasteiger charge is 2.08. The number of halogens is 1. The van der Waals surface area contributed by atoms with Gasteiger partial charge in [-0.1, -0.05) is 24.6 Å². The van der Waals surface area contributed by atoms with E-state index >= 15 is 0 Å². The van der Waals surface area contributed by atoms with E-state index in [1.807, 2.05) is 13.0 Å². The zero-order valence-corrected chi connectivity index (χ0v) is 9.16. The third-order valence-electron chi connectivity index (χ3n) is 1.92. The molecule has 0 fully saturated rings. The fourth-order valence-electron chi connectivity index (χ4n) is 1.02. The van der Waals surface area contributed by atoms with Gasteiger partial charge in [-0.05, 0) is 12.1 Å². The molecule has 0 aliphatic rings. The van der Waals surface area contributed by atoms with Crippen LogP contribution in [0.5, 0.6) is 5.75 Å². The fraction of sp³-hybridized carbons (Fsp3) is 0.364. The van der Waals surface area contributed by atoms with Crippen molar-refractivity contribution in [1.29, 1.82) is 5.26 Å². The van der Waals surface area contributed by atoms with Crippen LogP contribution in [0.1, 0.15) is 12.5 Å². The van der Waals surface area contributed by atoms with E-state index in [0.29, 0.717) is 22.9 Å². The van der Waals surface area contributed by atoms with E-state index in [9.17, 15) is 0 Å². The summed E-state index contributed by atoms with van der Waals surface area (Å²) in [6, 6.07) is 7.04. The number of hydrogen-bond donors (Lipinski definition) is 1. The summed E-state index contributed by atoms with van der Waals surface area (Å²) in [5.41, 5.74) is 0.337. The smallest absolute Gasteiger partial charge is 0.138 e. The normalized spacial score (nSPS) is 11.9. The Morgan fingerprint density at radius 2 is 2.33 bits per heavy atom. The third kappa shape index (κ3) is 3.12. The quantitative estimate of drug-likeness (QED) is 0.855. The van der Waals surface area contributed by atoms with E-state index in [1.54, 1.807) is 18.2 Å². The maximum atomic E-state index is 8.86. The van der Waals surface area contributed by atoms with Gasteiger partial charge in [0.1, 0.15) is 17.4 Å². The molecule has 4 heteroatoms. The predicted octanol–water partition coefficient (Wildman–Crippen LogP) is 2.22. The molecule has 1 atom stereocenters. The van der Waals surface area contributed by atoms with E-state index in [1.165, 1.54) is 0 Å². The standard InChI is InChI=1S/C11H12ClNO2/c1-8(6-14)7-15-11-4-2-3-10(12)9(11)5-13/h2-4,8,14H,6-7H2,1H3. The van der Waals surface area contributed by atoms with Crippen molar-refractivity contribution in [2.45, 2.75) is 6.92 Å². The van der Waals surface area contributed by atoms with E-state index < -0.39 is 0 Å². The molecule has 0 aliphatic heterocycles. The molecule has 0 amide bonds. The molecule has 0 saturated carbocycles. The number of hydrogen-bond acceptors (Lipinski definition) is 3. The van der Waals surface area contributed by atoms with Crippen molar-refractivity contribution in [2.75, 3.05) is 13.2 Å². The van der Waals surface area contributed by atoms with E-state index in [2.05, 4.69) is 0 Å². The molecule has 0 radical (unpaired) electrons. The lowest BCUT2D eigenvalue weighted by atomic mass is 10.2. The fourth-order valence-corrected chi connectivity index (χ4v) is 1.23. The molecule has 0 saturated heterocycles. The minimum absolute atomic E-state index is 0.0375. The van der Waals surface area contributed by atoms with Crippen molar-refractivity contribution in [2.24, 2.45) is 5.92 Å². The summed E-state index contributed by atoms with van der Waals surface area (Å²) in [5, 5.41) is 18.1. The zero-order chi connectivity index (χ0) is 11.3. The second-order valence-corrected chi connectivity index (χ2v) is 3.73. The van der Waals surface area contributed by atoms with E-state index in [0.717, 1.165) is 0 Å². The minimum Gasteiger partial charge on any atom is -0.492 e. The van der Waals surface area contributed by atoms with Gasteiger partial charge < -0.3 is 9.84 Å². The largest absolute Gasteiger partial charge is 0.492 e. The highest BCUT2D eigenvalue weighted by Crippen LogP contribution is 2.25. The summed E-state index contributed by atoms with van der Waals surface area (Å²) in [5.74, 6) is 0.501. The summed E-state index contributed by atoms with van der Waals surface area (Å²) in [4.78, 5) is 0. The van der Waals surface area contributed by atoms with Gasteiger partial charge in [0.15, 0.2) is 0 Å². The van der Waals surface area contributed by atoms with Crippen LogP contribution in [0.3, 0.4) is 0 Å². The van der Waals surface area contributed by atoms with Crippen LogP contribution < -0.4 is 4.74 Å². The maximum Gasteiger partial charge on any atom is 0.138 e. The molecular formula is C11H12ClNO2. The van der Waals surface area contributed by atoms with Gasteiger partial charge >= 0.3 is 0 Å². The second-order valence-electron chi connectivity index (χ2n) is 3.32. The van der Waals surface area contributed by atoms with Gasteiger partial charge in [-0.2, -0.15) is 5.26 Å². The summed E-state index contributed by atoms with van der Waals surface area (Å²) in [6.45, 7) is 2.28. The Hall–Kier alpha value is -1.24. The van der Waals surface area contributed by atoms with E-state index in [-0.39, 0.29) is 12.5 Å². The monoisotopic (exact) mass is 225 g/mol. The number of rotatable bonds is 4. The van der Waals surface area contributed by atoms with Gasteiger partial charge in [0, 0.05) is 12.5 Å². The second kappa shape index (κ2) is 5.59. The molecular weight excluding hydrogens is 214 g/mol. The first-order chi connectivity index (χ1) is 7.19. The van der Waals surface area contributed by atoms with Gasteiger partial charge in [0.2, 0.25) is 0 Å². The van der Waals surface area contributed by atoms with Crippen LogP contribution in [0.25, 0.3) is 0 Å². The molecule has 1 N–H and O–H groups in total. The Morgan fingerprint density at radius 1 is 1.60 bits per heavy atom. The predicted molar refractivity (Wildman–Crippen MR) is 57.9 cm³/mol. The Labute approximate surface area is 93.9 Å². The van der Waals surface area contributed by atoms with E-state index in [4.69, 9.17) is 26.7 Å². The molecule has 80 valence electrons. The van der Waals surface area contributed by atoms with Crippen LogP contribution in [0.15, 0.2) is 18.2 Å². The molecule has 1 aromatic carbocycles. The lowest BCUT2D eigenvalue weighted by Crippen LogP contribution is -2.12. The molecule has 0 heterocycles. The van der Waals surface area contributed by atoms with Crippen molar-refractivity contribution < 1.29 is 9.84 Å². The number of benzene rings is 1. The molecule has 0 bridgehead atoms. The molecule has 1 aromatic rings. The third-order valence-corrected chi connectivity index (χ3v) is 2.24. The molecule has 0 spiro atoms. The molecule has 3 nitrogen and oxygen atoms in total. The molecule has 15 heavy (non-hydrogen) atoms. The molecule has 1 rings (SSSR count). The Balaban J connectivity index is 2.77.